The lowest BCUT2D eigenvalue weighted by Gasteiger charge is -2.44. The summed E-state index contributed by atoms with van der Waals surface area (Å²) in [7, 11) is 1.59. The van der Waals surface area contributed by atoms with Gasteiger partial charge in [0.25, 0.3) is 0 Å². The van der Waals surface area contributed by atoms with Gasteiger partial charge in [0.1, 0.15) is 0 Å². The summed E-state index contributed by atoms with van der Waals surface area (Å²) in [5, 5.41) is 3.37. The Morgan fingerprint density at radius 2 is 2.00 bits per heavy atom. The van der Waals surface area contributed by atoms with E-state index in [1.165, 1.54) is 0 Å². The molecule has 2 atom stereocenters. The molecule has 2 aliphatic heterocycles. The van der Waals surface area contributed by atoms with Gasteiger partial charge >= 0.3 is 0 Å². The molecule has 0 bridgehead atoms. The van der Waals surface area contributed by atoms with Crippen LogP contribution in [0.1, 0.15) is 45.1 Å². The molecule has 7 nitrogen and oxygen atoms in total. The molecule has 0 aromatic heterocycles. The smallest absolute Gasteiger partial charge is 0.232 e. The first-order valence-corrected chi connectivity index (χ1v) is 12.5. The van der Waals surface area contributed by atoms with E-state index in [0.717, 1.165) is 17.7 Å². The van der Waals surface area contributed by atoms with Gasteiger partial charge in [-0.3, -0.25) is 9.59 Å². The van der Waals surface area contributed by atoms with E-state index >= 15 is 0 Å². The van der Waals surface area contributed by atoms with Crippen molar-refractivity contribution in [3.05, 3.63) is 45.7 Å². The lowest BCUT2D eigenvalue weighted by atomic mass is 9.66. The Bertz CT molecular complexity index is 1040. The van der Waals surface area contributed by atoms with Crippen molar-refractivity contribution in [2.45, 2.75) is 39.5 Å². The van der Waals surface area contributed by atoms with Crippen LogP contribution in [-0.2, 0) is 14.3 Å². The lowest BCUT2D eigenvalue weighted by Crippen LogP contribution is -2.50. The summed E-state index contributed by atoms with van der Waals surface area (Å²) in [6.07, 6.45) is 1.16. The van der Waals surface area contributed by atoms with Crippen LogP contribution < -0.4 is 14.8 Å². The number of hydrogen-bond acceptors (Lipinski definition) is 6. The number of carbonyl (C=O) groups excluding carboxylic acids is 2. The molecule has 0 spiro atoms. The standard InChI is InChI=1S/C26H33BrN2O5/c1-6-34-20-12-16(11-17(27)24(20)32-5)22-21(25(31)29-7-9-33-10-8-29)15(2)28-18-13-26(3,4)14-19(30)23(18)22/h11-12,21-22,28H,2,6-10,13-14H2,1,3-5H3. The molecule has 1 aromatic rings. The molecule has 1 aliphatic carbocycles. The van der Waals surface area contributed by atoms with Crippen LogP contribution in [-0.4, -0.2) is 56.6 Å². The molecule has 3 aliphatic rings. The minimum absolute atomic E-state index is 0.0418. The average molecular weight is 533 g/mol. The number of nitrogens with zero attached hydrogens (tertiary/aromatic N) is 1. The van der Waals surface area contributed by atoms with E-state index in [4.69, 9.17) is 14.2 Å². The molecule has 1 fully saturated rings. The lowest BCUT2D eigenvalue weighted by molar-refractivity contribution is -0.139. The van der Waals surface area contributed by atoms with Gasteiger partial charge < -0.3 is 24.4 Å². The van der Waals surface area contributed by atoms with Crippen molar-refractivity contribution in [3.63, 3.8) is 0 Å². The third kappa shape index (κ3) is 4.62. The molecule has 34 heavy (non-hydrogen) atoms. The summed E-state index contributed by atoms with van der Waals surface area (Å²) in [6.45, 7) is 12.9. The largest absolute Gasteiger partial charge is 0.492 e. The van der Waals surface area contributed by atoms with Gasteiger partial charge in [-0.25, -0.2) is 0 Å². The van der Waals surface area contributed by atoms with E-state index in [1.807, 2.05) is 24.0 Å². The summed E-state index contributed by atoms with van der Waals surface area (Å²) in [5.41, 5.74) is 2.83. The van der Waals surface area contributed by atoms with Crippen LogP contribution in [0.5, 0.6) is 11.5 Å². The molecule has 8 heteroatoms. The maximum Gasteiger partial charge on any atom is 0.232 e. The number of hydrogen-bond donors (Lipinski definition) is 1. The maximum absolute atomic E-state index is 13.8. The van der Waals surface area contributed by atoms with Crippen molar-refractivity contribution < 1.29 is 23.8 Å². The molecule has 0 saturated carbocycles. The Labute approximate surface area is 209 Å². The van der Waals surface area contributed by atoms with Crippen LogP contribution in [0, 0.1) is 11.3 Å². The second-order valence-electron chi connectivity index (χ2n) is 9.84. The Balaban J connectivity index is 1.88. The maximum atomic E-state index is 13.8. The molecular weight excluding hydrogens is 500 g/mol. The molecule has 1 N–H and O–H groups in total. The number of morpholine rings is 1. The number of carbonyl (C=O) groups is 2. The molecule has 1 aromatic carbocycles. The number of halogens is 1. The first-order valence-electron chi connectivity index (χ1n) is 11.8. The highest BCUT2D eigenvalue weighted by molar-refractivity contribution is 9.10. The second-order valence-corrected chi connectivity index (χ2v) is 10.7. The number of allylic oxidation sites excluding steroid dienone is 2. The van der Waals surface area contributed by atoms with Gasteiger partial charge in [-0.1, -0.05) is 20.4 Å². The summed E-state index contributed by atoms with van der Waals surface area (Å²) in [5.74, 6) is 0.100. The number of rotatable bonds is 5. The fourth-order valence-corrected chi connectivity index (χ4v) is 5.93. The minimum atomic E-state index is -0.614. The van der Waals surface area contributed by atoms with Crippen LogP contribution in [0.4, 0.5) is 0 Å². The monoisotopic (exact) mass is 532 g/mol. The van der Waals surface area contributed by atoms with Crippen LogP contribution in [0.2, 0.25) is 0 Å². The molecule has 4 rings (SSSR count). The highest BCUT2D eigenvalue weighted by atomic mass is 79.9. The number of methoxy groups -OCH3 is 1. The highest BCUT2D eigenvalue weighted by Crippen LogP contribution is 2.50. The van der Waals surface area contributed by atoms with Crippen LogP contribution in [0.15, 0.2) is 40.2 Å². The average Bonchev–Trinajstić information content (AvgIpc) is 2.77. The predicted octanol–water partition coefficient (Wildman–Crippen LogP) is 4.18. The quantitative estimate of drug-likeness (QED) is 0.613. The topological polar surface area (TPSA) is 77.1 Å². The van der Waals surface area contributed by atoms with E-state index in [-0.39, 0.29) is 17.1 Å². The van der Waals surface area contributed by atoms with E-state index in [2.05, 4.69) is 41.7 Å². The zero-order valence-corrected chi connectivity index (χ0v) is 21.9. The number of nitrogens with one attached hydrogen (secondary N) is 1. The first kappa shape index (κ1) is 24.8. The number of amides is 1. The van der Waals surface area contributed by atoms with Gasteiger partial charge in [0, 0.05) is 42.4 Å². The van der Waals surface area contributed by atoms with E-state index in [1.54, 1.807) is 7.11 Å². The Kier molecular flexibility index (Phi) is 7.10. The van der Waals surface area contributed by atoms with Crippen molar-refractivity contribution in [1.82, 2.24) is 10.2 Å². The van der Waals surface area contributed by atoms with Gasteiger partial charge in [0.15, 0.2) is 17.3 Å². The zero-order valence-electron chi connectivity index (χ0n) is 20.3. The Morgan fingerprint density at radius 3 is 2.65 bits per heavy atom. The molecule has 0 radical (unpaired) electrons. The van der Waals surface area contributed by atoms with Gasteiger partial charge in [-0.15, -0.1) is 0 Å². The van der Waals surface area contributed by atoms with Gasteiger partial charge in [-0.2, -0.15) is 0 Å². The van der Waals surface area contributed by atoms with Crippen LogP contribution in [0.25, 0.3) is 0 Å². The third-order valence-corrected chi connectivity index (χ3v) is 7.32. The van der Waals surface area contributed by atoms with Crippen molar-refractivity contribution in [2.75, 3.05) is 40.0 Å². The fourth-order valence-electron chi connectivity index (χ4n) is 5.31. The van der Waals surface area contributed by atoms with Crippen LogP contribution in [0.3, 0.4) is 0 Å². The van der Waals surface area contributed by atoms with Crippen LogP contribution >= 0.6 is 15.9 Å². The van der Waals surface area contributed by atoms with Gasteiger partial charge in [-0.05, 0) is 52.4 Å². The Hall–Kier alpha value is -2.32. The number of ether oxygens (including phenoxy) is 3. The van der Waals surface area contributed by atoms with Crippen molar-refractivity contribution in [2.24, 2.45) is 11.3 Å². The molecule has 1 amide bonds. The number of ketones is 1. The zero-order chi connectivity index (χ0) is 24.6. The van der Waals surface area contributed by atoms with E-state index in [0.29, 0.717) is 66.6 Å². The number of benzene rings is 1. The summed E-state index contributed by atoms with van der Waals surface area (Å²) >= 11 is 3.61. The van der Waals surface area contributed by atoms with Gasteiger partial charge in [0.2, 0.25) is 5.91 Å². The number of Topliss-reactive ketones (excluding diaryl/α,β-unsaturated/α-hetero) is 1. The minimum Gasteiger partial charge on any atom is -0.492 e. The molecule has 2 heterocycles. The summed E-state index contributed by atoms with van der Waals surface area (Å²) in [4.78, 5) is 29.2. The molecule has 184 valence electrons. The normalized spacial score (nSPS) is 24.4. The highest BCUT2D eigenvalue weighted by Gasteiger charge is 2.47. The molecular formula is C26H33BrN2O5. The van der Waals surface area contributed by atoms with E-state index in [9.17, 15) is 9.59 Å². The van der Waals surface area contributed by atoms with Gasteiger partial charge in [0.05, 0.1) is 37.3 Å². The SMILES string of the molecule is C=C1NC2=C(C(=O)CC(C)(C)C2)C(c2cc(Br)c(OC)c(OCC)c2)C1C(=O)N1CCOCC1. The molecule has 1 saturated heterocycles. The Morgan fingerprint density at radius 1 is 1.29 bits per heavy atom. The molecule has 2 unspecified atom stereocenters. The predicted molar refractivity (Wildman–Crippen MR) is 133 cm³/mol. The summed E-state index contributed by atoms with van der Waals surface area (Å²) < 4.78 is 17.6. The van der Waals surface area contributed by atoms with Crippen molar-refractivity contribution >= 4 is 27.6 Å². The first-order chi connectivity index (χ1) is 16.2. The fraction of sp³-hybridized carbons (Fsp3) is 0.538. The second kappa shape index (κ2) is 9.74. The summed E-state index contributed by atoms with van der Waals surface area (Å²) in [6, 6.07) is 3.83. The van der Waals surface area contributed by atoms with Crippen molar-refractivity contribution in [1.29, 1.82) is 0 Å². The van der Waals surface area contributed by atoms with E-state index < -0.39 is 11.8 Å². The third-order valence-electron chi connectivity index (χ3n) is 6.73. The van der Waals surface area contributed by atoms with Crippen molar-refractivity contribution in [3.8, 4) is 11.5 Å².